The quantitative estimate of drug-likeness (QED) is 0.114. The minimum absolute atomic E-state index is 0.505. The van der Waals surface area contributed by atoms with Crippen molar-refractivity contribution in [1.29, 1.82) is 0 Å². The Morgan fingerprint density at radius 2 is 0.944 bits per heavy atom. The third-order valence-corrected chi connectivity index (χ3v) is 24.7. The van der Waals surface area contributed by atoms with Crippen LogP contribution in [-0.2, 0) is 21.8 Å². The summed E-state index contributed by atoms with van der Waals surface area (Å²) in [7, 11) is -0.602. The summed E-state index contributed by atoms with van der Waals surface area (Å²) in [6.45, 7) is 9.31. The Labute approximate surface area is 333 Å². The molecule has 6 aromatic carbocycles. The first kappa shape index (κ1) is 35.6. The van der Waals surface area contributed by atoms with Gasteiger partial charge in [-0.15, -0.1) is 0 Å². The first-order valence-electron chi connectivity index (χ1n) is 20.4. The summed E-state index contributed by atoms with van der Waals surface area (Å²) in [5.41, 5.74) is 21.0. The molecule has 6 aromatic rings. The van der Waals surface area contributed by atoms with Crippen LogP contribution in [0, 0.1) is 13.8 Å². The average Bonchev–Trinajstić information content (AvgIpc) is 3.89. The van der Waals surface area contributed by atoms with Gasteiger partial charge in [0, 0.05) is 0 Å². The van der Waals surface area contributed by atoms with Crippen LogP contribution >= 0.6 is 0 Å². The van der Waals surface area contributed by atoms with E-state index in [1.54, 1.807) is 41.5 Å². The van der Waals surface area contributed by atoms with E-state index in [-0.39, 0.29) is 0 Å². The fourth-order valence-electron chi connectivity index (χ4n) is 9.98. The second-order valence-electron chi connectivity index (χ2n) is 15.9. The molecule has 1 aliphatic heterocycles. The van der Waals surface area contributed by atoms with Crippen LogP contribution in [-0.4, -0.2) is 9.52 Å². The predicted octanol–water partition coefficient (Wildman–Crippen LogP) is 11.6. The SMILES string of the molecule is CCCCC1=Cc2c(-c3ccccc3C)cccc2[CH]1[Zr]([c]1cccc2c1[SiH2]c1ccccc1-2)[CH]1C(CCCC)=Cc2c(-c3ccccc3C)cccc21. The number of hydrogen-bond donors (Lipinski definition) is 0. The Morgan fingerprint density at radius 3 is 1.48 bits per heavy atom. The van der Waals surface area contributed by atoms with Gasteiger partial charge in [0.2, 0.25) is 0 Å². The van der Waals surface area contributed by atoms with Gasteiger partial charge in [-0.05, 0) is 0 Å². The van der Waals surface area contributed by atoms with Gasteiger partial charge in [-0.1, -0.05) is 0 Å². The molecule has 0 amide bonds. The van der Waals surface area contributed by atoms with Crippen LogP contribution in [0.1, 0.15) is 93.0 Å². The zero-order chi connectivity index (χ0) is 36.8. The average molecular weight is 795 g/mol. The van der Waals surface area contributed by atoms with Crippen LogP contribution in [0.25, 0.3) is 45.5 Å². The van der Waals surface area contributed by atoms with Crippen LogP contribution < -0.4 is 13.6 Å². The van der Waals surface area contributed by atoms with E-state index in [9.17, 15) is 0 Å². The number of rotatable bonds is 11. The molecule has 0 fully saturated rings. The minimum atomic E-state index is -2.82. The summed E-state index contributed by atoms with van der Waals surface area (Å²) in [6.07, 6.45) is 12.7. The van der Waals surface area contributed by atoms with Gasteiger partial charge in [0.1, 0.15) is 0 Å². The summed E-state index contributed by atoms with van der Waals surface area (Å²) in [6, 6.07) is 49.6. The van der Waals surface area contributed by atoms with Crippen LogP contribution in [0.5, 0.6) is 0 Å². The Kier molecular flexibility index (Phi) is 10.0. The second kappa shape index (κ2) is 15.2. The molecule has 54 heavy (non-hydrogen) atoms. The number of hydrogen-bond acceptors (Lipinski definition) is 0. The summed E-state index contributed by atoms with van der Waals surface area (Å²) >= 11 is -2.82. The molecule has 2 atom stereocenters. The van der Waals surface area contributed by atoms with Crippen molar-refractivity contribution >= 4 is 35.3 Å². The Hall–Kier alpha value is -4.10. The number of unbranched alkanes of at least 4 members (excludes halogenated alkanes) is 2. The maximum atomic E-state index is 2.70. The molecule has 2 aliphatic carbocycles. The fraction of sp³-hybridized carbons (Fsp3) is 0.231. The molecule has 0 saturated heterocycles. The molecule has 0 aromatic heterocycles. The van der Waals surface area contributed by atoms with Gasteiger partial charge in [-0.3, -0.25) is 0 Å². The monoisotopic (exact) mass is 793 g/mol. The number of benzene rings is 6. The van der Waals surface area contributed by atoms with Gasteiger partial charge < -0.3 is 0 Å². The molecule has 2 heteroatoms. The number of fused-ring (bicyclic) bond motifs is 5. The van der Waals surface area contributed by atoms with Crippen molar-refractivity contribution in [3.05, 3.63) is 172 Å². The molecule has 3 aliphatic rings. The van der Waals surface area contributed by atoms with E-state index in [4.69, 9.17) is 0 Å². The predicted molar refractivity (Wildman–Crippen MR) is 233 cm³/mol. The number of aryl methyl sites for hydroxylation is 2. The summed E-state index contributed by atoms with van der Waals surface area (Å²) in [5.74, 6) is 0. The molecule has 0 nitrogen and oxygen atoms in total. The van der Waals surface area contributed by atoms with E-state index in [0.29, 0.717) is 7.25 Å². The summed E-state index contributed by atoms with van der Waals surface area (Å²) < 4.78 is 2.82. The Balaban J connectivity index is 1.31. The summed E-state index contributed by atoms with van der Waals surface area (Å²) in [4.78, 5) is 0. The van der Waals surface area contributed by atoms with Crippen molar-refractivity contribution in [2.45, 2.75) is 73.5 Å². The normalized spacial score (nSPS) is 16.8. The van der Waals surface area contributed by atoms with Crippen LogP contribution in [0.2, 0.25) is 0 Å². The zero-order valence-corrected chi connectivity index (χ0v) is 36.3. The first-order valence-corrected chi connectivity index (χ1v) is 25.9. The van der Waals surface area contributed by atoms with Crippen molar-refractivity contribution in [3.63, 3.8) is 0 Å². The molecule has 0 bridgehead atoms. The molecule has 2 unspecified atom stereocenters. The Morgan fingerprint density at radius 1 is 0.481 bits per heavy atom. The van der Waals surface area contributed by atoms with Gasteiger partial charge >= 0.3 is 336 Å². The first-order chi connectivity index (χ1) is 26.6. The summed E-state index contributed by atoms with van der Waals surface area (Å²) in [5, 5.41) is 3.40. The van der Waals surface area contributed by atoms with E-state index in [0.717, 1.165) is 0 Å². The van der Waals surface area contributed by atoms with Crippen molar-refractivity contribution in [1.82, 2.24) is 0 Å². The third-order valence-electron chi connectivity index (χ3n) is 12.6. The van der Waals surface area contributed by atoms with E-state index in [2.05, 4.69) is 167 Å². The van der Waals surface area contributed by atoms with E-state index in [1.165, 1.54) is 88.6 Å². The Bertz CT molecular complexity index is 2320. The maximum absolute atomic E-state index is 2.82. The number of allylic oxidation sites excluding steroid dienone is 2. The van der Waals surface area contributed by atoms with Gasteiger partial charge in [-0.2, -0.15) is 0 Å². The van der Waals surface area contributed by atoms with Crippen LogP contribution in [0.15, 0.2) is 139 Å². The molecular formula is C52H51SiZr. The van der Waals surface area contributed by atoms with E-state index < -0.39 is 31.3 Å². The molecule has 0 N–H and O–H groups in total. The zero-order valence-electron chi connectivity index (χ0n) is 32.4. The van der Waals surface area contributed by atoms with Crippen molar-refractivity contribution in [2.24, 2.45) is 0 Å². The molecule has 0 spiro atoms. The molecular weight excluding hydrogens is 744 g/mol. The molecule has 9 rings (SSSR count). The molecule has 1 heterocycles. The van der Waals surface area contributed by atoms with Crippen molar-refractivity contribution < 1.29 is 21.8 Å². The third kappa shape index (κ3) is 6.15. The second-order valence-corrected chi connectivity index (χ2v) is 24.1. The standard InChI is InChI=1S/2C20H21.C12H9Si.Zr/c2*1-3-4-9-16-13-17-10-7-12-19(20(17)14-16)18-11-6-5-8-15(18)2;1-3-7-11-9(5-1)10-6-2-4-8-12(10)13-11;/h2*5-8,10-14H,3-4,9H2,1-2H3;1-7H,13H2;. The van der Waals surface area contributed by atoms with E-state index >= 15 is 0 Å². The molecule has 267 valence electrons. The van der Waals surface area contributed by atoms with Gasteiger partial charge in [-0.25, -0.2) is 0 Å². The van der Waals surface area contributed by atoms with Crippen molar-refractivity contribution in [2.75, 3.05) is 0 Å². The van der Waals surface area contributed by atoms with Gasteiger partial charge in [0.05, 0.1) is 0 Å². The van der Waals surface area contributed by atoms with Gasteiger partial charge in [0.25, 0.3) is 0 Å². The topological polar surface area (TPSA) is 0 Å². The molecule has 0 saturated carbocycles. The fourth-order valence-corrected chi connectivity index (χ4v) is 24.0. The van der Waals surface area contributed by atoms with E-state index in [1.807, 2.05) is 0 Å². The van der Waals surface area contributed by atoms with Crippen LogP contribution in [0.4, 0.5) is 0 Å². The van der Waals surface area contributed by atoms with Crippen molar-refractivity contribution in [3.8, 4) is 33.4 Å². The molecule has 0 radical (unpaired) electrons. The van der Waals surface area contributed by atoms with Gasteiger partial charge in [0.15, 0.2) is 0 Å². The van der Waals surface area contributed by atoms with Crippen LogP contribution in [0.3, 0.4) is 0 Å².